The third-order valence-electron chi connectivity index (χ3n) is 6.04. The van der Waals surface area contributed by atoms with Crippen molar-refractivity contribution in [3.63, 3.8) is 0 Å². The van der Waals surface area contributed by atoms with Gasteiger partial charge < -0.3 is 14.8 Å². The van der Waals surface area contributed by atoms with E-state index in [0.29, 0.717) is 11.2 Å². The van der Waals surface area contributed by atoms with Crippen molar-refractivity contribution in [3.05, 3.63) is 120 Å². The second kappa shape index (κ2) is 7.07. The van der Waals surface area contributed by atoms with Gasteiger partial charge in [0.15, 0.2) is 0 Å². The van der Waals surface area contributed by atoms with Gasteiger partial charge in [0.25, 0.3) is 0 Å². The number of fused-ring (bicyclic) bond motifs is 2. The van der Waals surface area contributed by atoms with Crippen LogP contribution in [0.1, 0.15) is 16.7 Å². The molecule has 2 atom stereocenters. The fourth-order valence-corrected chi connectivity index (χ4v) is 4.87. The summed E-state index contributed by atoms with van der Waals surface area (Å²) >= 11 is 0. The van der Waals surface area contributed by atoms with Gasteiger partial charge in [-0.3, -0.25) is 0 Å². The first-order valence-corrected chi connectivity index (χ1v) is 9.85. The summed E-state index contributed by atoms with van der Waals surface area (Å²) in [5.41, 5.74) is 3.11. The summed E-state index contributed by atoms with van der Waals surface area (Å²) in [7, 11) is -1.60. The third kappa shape index (κ3) is 2.68. The topological polar surface area (TPSA) is 49.7 Å². The van der Waals surface area contributed by atoms with Crippen LogP contribution in [-0.2, 0) is 5.41 Å². The van der Waals surface area contributed by atoms with Gasteiger partial charge in [0.1, 0.15) is 11.9 Å². The van der Waals surface area contributed by atoms with Gasteiger partial charge in [-0.2, -0.15) is 0 Å². The quantitative estimate of drug-likeness (QED) is 0.687. The minimum absolute atomic E-state index is 0.0240. The van der Waals surface area contributed by atoms with Crippen LogP contribution in [0.5, 0.6) is 5.75 Å². The van der Waals surface area contributed by atoms with E-state index in [9.17, 15) is 10.0 Å². The van der Waals surface area contributed by atoms with E-state index >= 15 is 0 Å². The van der Waals surface area contributed by atoms with Crippen molar-refractivity contribution in [2.45, 2.75) is 11.5 Å². The molecule has 0 amide bonds. The maximum Gasteiger partial charge on any atom is 0.492 e. The fourth-order valence-electron chi connectivity index (χ4n) is 4.87. The first-order chi connectivity index (χ1) is 14.2. The Bertz CT molecular complexity index is 1030. The van der Waals surface area contributed by atoms with Crippen LogP contribution in [0.15, 0.2) is 103 Å². The molecule has 2 unspecified atom stereocenters. The monoisotopic (exact) mass is 380 g/mol. The van der Waals surface area contributed by atoms with Crippen molar-refractivity contribution in [2.24, 2.45) is 5.92 Å². The zero-order valence-electron chi connectivity index (χ0n) is 15.8. The van der Waals surface area contributed by atoms with Gasteiger partial charge in [0, 0.05) is 16.9 Å². The first-order valence-electron chi connectivity index (χ1n) is 9.85. The molecule has 3 nitrogen and oxygen atoms in total. The highest BCUT2D eigenvalue weighted by molar-refractivity contribution is 6.59. The molecule has 0 aromatic heterocycles. The summed E-state index contributed by atoms with van der Waals surface area (Å²) in [4.78, 5) is 0. The molecule has 1 heterocycles. The Kier molecular flexibility index (Phi) is 4.38. The Morgan fingerprint density at radius 2 is 1.34 bits per heavy atom. The summed E-state index contributed by atoms with van der Waals surface area (Å²) in [6.07, 6.45) is 8.10. The van der Waals surface area contributed by atoms with Gasteiger partial charge in [-0.15, -0.1) is 0 Å². The molecule has 1 aliphatic carbocycles. The van der Waals surface area contributed by atoms with Gasteiger partial charge in [-0.05, 0) is 17.2 Å². The predicted molar refractivity (Wildman–Crippen MR) is 115 cm³/mol. The van der Waals surface area contributed by atoms with Crippen LogP contribution in [-0.4, -0.2) is 23.3 Å². The molecule has 4 heteroatoms. The van der Waals surface area contributed by atoms with E-state index in [-0.39, 0.29) is 12.0 Å². The maximum absolute atomic E-state index is 10.0. The Hall–Kier alpha value is -3.08. The van der Waals surface area contributed by atoms with Gasteiger partial charge in [0.05, 0.1) is 5.41 Å². The number of rotatable bonds is 3. The fraction of sp³-hybridized carbons (Fsp3) is 0.120. The molecule has 0 fully saturated rings. The second-order valence-electron chi connectivity index (χ2n) is 7.52. The summed E-state index contributed by atoms with van der Waals surface area (Å²) in [6, 6.07) is 26.5. The minimum atomic E-state index is -1.60. The Morgan fingerprint density at radius 1 is 0.724 bits per heavy atom. The number of allylic oxidation sites excluding steroid dienone is 2. The normalized spacial score (nSPS) is 21.0. The lowest BCUT2D eigenvalue weighted by Gasteiger charge is -2.49. The Balaban J connectivity index is 1.92. The Morgan fingerprint density at radius 3 is 1.97 bits per heavy atom. The molecule has 29 heavy (non-hydrogen) atoms. The maximum atomic E-state index is 10.0. The highest BCUT2D eigenvalue weighted by Gasteiger charge is 2.52. The molecule has 3 aromatic rings. The molecule has 2 N–H and O–H groups in total. The van der Waals surface area contributed by atoms with Crippen LogP contribution in [0.4, 0.5) is 0 Å². The van der Waals surface area contributed by atoms with Gasteiger partial charge in [0.2, 0.25) is 0 Å². The molecule has 2 aliphatic rings. The van der Waals surface area contributed by atoms with E-state index in [4.69, 9.17) is 4.74 Å². The Labute approximate surface area is 170 Å². The standard InChI is InChI=1S/C25H21BO3/c27-26(28)22-16-9-15-21-24(22)29-23-17-8-7-14-20(23)25(21,18-10-3-1-4-11-18)19-12-5-2-6-13-19/h1-17,20,23,27-28H. The van der Waals surface area contributed by atoms with Crippen molar-refractivity contribution >= 4 is 12.6 Å². The molecule has 0 radical (unpaired) electrons. The van der Waals surface area contributed by atoms with Crippen molar-refractivity contribution < 1.29 is 14.8 Å². The number of hydrogen-bond donors (Lipinski definition) is 2. The molecular formula is C25H21BO3. The van der Waals surface area contributed by atoms with Gasteiger partial charge in [-0.1, -0.05) is 97.1 Å². The van der Waals surface area contributed by atoms with Crippen LogP contribution in [0.2, 0.25) is 0 Å². The predicted octanol–water partition coefficient (Wildman–Crippen LogP) is 3.20. The number of hydrogen-bond acceptors (Lipinski definition) is 3. The lowest BCUT2D eigenvalue weighted by molar-refractivity contribution is 0.141. The van der Waals surface area contributed by atoms with E-state index < -0.39 is 12.5 Å². The number of benzene rings is 3. The van der Waals surface area contributed by atoms with Crippen molar-refractivity contribution in [3.8, 4) is 5.75 Å². The number of ether oxygens (including phenoxy) is 1. The molecule has 0 saturated heterocycles. The summed E-state index contributed by atoms with van der Waals surface area (Å²) in [6.45, 7) is 0. The van der Waals surface area contributed by atoms with Crippen molar-refractivity contribution in [1.82, 2.24) is 0 Å². The molecule has 142 valence electrons. The SMILES string of the molecule is OB(O)c1cccc2c1OC1C=CC=CC1C2(c1ccccc1)c1ccccc1. The number of para-hydroxylation sites is 1. The summed E-state index contributed by atoms with van der Waals surface area (Å²) in [5.74, 6) is 0.576. The molecule has 0 bridgehead atoms. The van der Waals surface area contributed by atoms with Crippen LogP contribution in [0.3, 0.4) is 0 Å². The smallest absolute Gasteiger partial charge is 0.486 e. The zero-order valence-corrected chi connectivity index (χ0v) is 15.8. The molecule has 5 rings (SSSR count). The molecule has 3 aromatic carbocycles. The van der Waals surface area contributed by atoms with Crippen LogP contribution in [0, 0.1) is 5.92 Å². The second-order valence-corrected chi connectivity index (χ2v) is 7.52. The van der Waals surface area contributed by atoms with Crippen LogP contribution in [0.25, 0.3) is 0 Å². The van der Waals surface area contributed by atoms with Crippen LogP contribution < -0.4 is 10.2 Å². The summed E-state index contributed by atoms with van der Waals surface area (Å²) < 4.78 is 6.37. The van der Waals surface area contributed by atoms with Gasteiger partial charge in [-0.25, -0.2) is 0 Å². The lowest BCUT2D eigenvalue weighted by atomic mass is 9.57. The van der Waals surface area contributed by atoms with Gasteiger partial charge >= 0.3 is 7.12 Å². The minimum Gasteiger partial charge on any atom is -0.486 e. The molecular weight excluding hydrogens is 359 g/mol. The average molecular weight is 380 g/mol. The largest absolute Gasteiger partial charge is 0.492 e. The van der Waals surface area contributed by atoms with E-state index in [1.165, 1.54) is 0 Å². The zero-order chi connectivity index (χ0) is 19.8. The lowest BCUT2D eigenvalue weighted by Crippen LogP contribution is -2.51. The van der Waals surface area contributed by atoms with Crippen molar-refractivity contribution in [1.29, 1.82) is 0 Å². The van der Waals surface area contributed by atoms with Crippen molar-refractivity contribution in [2.75, 3.05) is 0 Å². The van der Waals surface area contributed by atoms with Crippen LogP contribution >= 0.6 is 0 Å². The third-order valence-corrected chi connectivity index (χ3v) is 6.04. The van der Waals surface area contributed by atoms with E-state index in [0.717, 1.165) is 16.7 Å². The summed E-state index contributed by atoms with van der Waals surface area (Å²) in [5, 5.41) is 20.1. The molecule has 1 aliphatic heterocycles. The highest BCUT2D eigenvalue weighted by atomic mass is 16.5. The van der Waals surface area contributed by atoms with E-state index in [2.05, 4.69) is 66.8 Å². The average Bonchev–Trinajstić information content (AvgIpc) is 2.78. The highest BCUT2D eigenvalue weighted by Crippen LogP contribution is 2.54. The van der Waals surface area contributed by atoms with E-state index in [1.807, 2.05) is 30.3 Å². The molecule has 0 spiro atoms. The first kappa shape index (κ1) is 18.0. The molecule has 0 saturated carbocycles. The van der Waals surface area contributed by atoms with E-state index in [1.54, 1.807) is 6.07 Å².